The molecule has 1 aliphatic rings. The van der Waals surface area contributed by atoms with E-state index in [0.717, 1.165) is 29.4 Å². The molecule has 0 aliphatic heterocycles. The number of nitrogens with zero attached hydrogens (tertiary/aromatic N) is 1. The van der Waals surface area contributed by atoms with E-state index in [2.05, 4.69) is 0 Å². The molecule has 0 aromatic heterocycles. The Kier molecular flexibility index (Phi) is 8.62. The second-order valence-electron chi connectivity index (χ2n) is 10.5. The van der Waals surface area contributed by atoms with Gasteiger partial charge in [-0.05, 0) is 61.6 Å². The molecule has 1 fully saturated rings. The normalized spacial score (nSPS) is 14.5. The standard InChI is InChI=1S/C30H22F11NO2/c1-16-5-9-18(10-6-16)26(44)42(15-17-7-8-17)23-4-2-3-21(25(23)31)24(43)13-19-11-12-20(14-22(19)28(33,34)35)27(32,29(36,37)38)30(39,40)41/h2-6,9-12,14,17H,7-8,13,15H2,1H3. The number of Topliss-reactive ketones (excluding diaryl/α,β-unsaturated/α-hetero) is 1. The van der Waals surface area contributed by atoms with E-state index in [9.17, 15) is 53.5 Å². The zero-order valence-corrected chi connectivity index (χ0v) is 22.6. The van der Waals surface area contributed by atoms with Crippen LogP contribution < -0.4 is 4.90 Å². The fraction of sp³-hybridized carbons (Fsp3) is 0.333. The Morgan fingerprint density at radius 3 is 1.93 bits per heavy atom. The highest BCUT2D eigenvalue weighted by molar-refractivity contribution is 6.07. The van der Waals surface area contributed by atoms with Crippen LogP contribution in [0.4, 0.5) is 54.0 Å². The van der Waals surface area contributed by atoms with Crippen molar-refractivity contribution in [1.82, 2.24) is 0 Å². The Morgan fingerprint density at radius 2 is 1.41 bits per heavy atom. The third-order valence-corrected chi connectivity index (χ3v) is 7.20. The van der Waals surface area contributed by atoms with Crippen LogP contribution in [0.15, 0.2) is 60.7 Å². The Morgan fingerprint density at radius 1 is 0.818 bits per heavy atom. The van der Waals surface area contributed by atoms with Gasteiger partial charge in [0, 0.05) is 24.1 Å². The fourth-order valence-electron chi connectivity index (χ4n) is 4.61. The van der Waals surface area contributed by atoms with Crippen molar-refractivity contribution in [2.45, 2.75) is 50.4 Å². The Balaban J connectivity index is 1.72. The van der Waals surface area contributed by atoms with Gasteiger partial charge in [0.2, 0.25) is 0 Å². The number of alkyl halides is 10. The van der Waals surface area contributed by atoms with Gasteiger partial charge < -0.3 is 4.90 Å². The average molecular weight is 637 g/mol. The number of carbonyl (C=O) groups excluding carboxylic acids is 2. The van der Waals surface area contributed by atoms with Gasteiger partial charge >= 0.3 is 24.2 Å². The van der Waals surface area contributed by atoms with Gasteiger partial charge in [-0.1, -0.05) is 35.9 Å². The number of aryl methyl sites for hydroxylation is 1. The molecule has 1 amide bonds. The Bertz CT molecular complexity index is 1540. The Labute approximate surface area is 243 Å². The first-order valence-electron chi connectivity index (χ1n) is 13.0. The summed E-state index contributed by atoms with van der Waals surface area (Å²) < 4.78 is 151. The Hall–Kier alpha value is -3.97. The molecule has 236 valence electrons. The van der Waals surface area contributed by atoms with Crippen molar-refractivity contribution in [1.29, 1.82) is 0 Å². The lowest BCUT2D eigenvalue weighted by Crippen LogP contribution is -2.50. The number of amides is 1. The van der Waals surface area contributed by atoms with E-state index in [1.165, 1.54) is 24.3 Å². The lowest BCUT2D eigenvalue weighted by molar-refractivity contribution is -0.348. The van der Waals surface area contributed by atoms with Gasteiger partial charge in [0.25, 0.3) is 5.91 Å². The minimum Gasteiger partial charge on any atom is -0.305 e. The first kappa shape index (κ1) is 32.9. The number of carbonyl (C=O) groups is 2. The first-order chi connectivity index (χ1) is 20.3. The quantitative estimate of drug-likeness (QED) is 0.183. The fourth-order valence-corrected chi connectivity index (χ4v) is 4.61. The van der Waals surface area contributed by atoms with Crippen LogP contribution in [0.1, 0.15) is 55.8 Å². The summed E-state index contributed by atoms with van der Waals surface area (Å²) >= 11 is 0. The zero-order valence-electron chi connectivity index (χ0n) is 22.6. The van der Waals surface area contributed by atoms with Crippen molar-refractivity contribution in [3.8, 4) is 0 Å². The second-order valence-corrected chi connectivity index (χ2v) is 10.5. The van der Waals surface area contributed by atoms with E-state index < -0.39 is 76.4 Å². The molecule has 44 heavy (non-hydrogen) atoms. The van der Waals surface area contributed by atoms with Crippen molar-refractivity contribution in [3.05, 3.63) is 99.9 Å². The summed E-state index contributed by atoms with van der Waals surface area (Å²) in [6.07, 6.45) is -18.8. The molecule has 0 unspecified atom stereocenters. The van der Waals surface area contributed by atoms with Gasteiger partial charge in [0.15, 0.2) is 11.6 Å². The van der Waals surface area contributed by atoms with Crippen LogP contribution >= 0.6 is 0 Å². The highest BCUT2D eigenvalue weighted by atomic mass is 19.4. The molecule has 0 bridgehead atoms. The predicted molar refractivity (Wildman–Crippen MR) is 136 cm³/mol. The van der Waals surface area contributed by atoms with Gasteiger partial charge in [-0.25, -0.2) is 8.78 Å². The monoisotopic (exact) mass is 637 g/mol. The molecule has 0 saturated heterocycles. The van der Waals surface area contributed by atoms with Crippen LogP contribution in [0.25, 0.3) is 0 Å². The number of ketones is 1. The molecule has 3 nitrogen and oxygen atoms in total. The third kappa shape index (κ3) is 6.43. The molecule has 0 N–H and O–H groups in total. The lowest BCUT2D eigenvalue weighted by Gasteiger charge is -2.31. The number of halogens is 11. The number of hydrogen-bond donors (Lipinski definition) is 0. The maximum atomic E-state index is 15.8. The van der Waals surface area contributed by atoms with Gasteiger partial charge in [-0.2, -0.15) is 39.5 Å². The molecule has 0 heterocycles. The van der Waals surface area contributed by atoms with Crippen LogP contribution in [-0.4, -0.2) is 30.6 Å². The van der Waals surface area contributed by atoms with Gasteiger partial charge in [0.1, 0.15) is 0 Å². The van der Waals surface area contributed by atoms with Crippen molar-refractivity contribution in [3.63, 3.8) is 0 Å². The smallest absolute Gasteiger partial charge is 0.305 e. The van der Waals surface area contributed by atoms with Crippen molar-refractivity contribution < 1.29 is 57.9 Å². The largest absolute Gasteiger partial charge is 0.435 e. The van der Waals surface area contributed by atoms with Crippen LogP contribution in [0.3, 0.4) is 0 Å². The molecule has 4 rings (SSSR count). The highest BCUT2D eigenvalue weighted by Gasteiger charge is 2.73. The van der Waals surface area contributed by atoms with Gasteiger partial charge in [0.05, 0.1) is 16.8 Å². The molecule has 3 aromatic carbocycles. The highest BCUT2D eigenvalue weighted by Crippen LogP contribution is 2.54. The molecule has 0 spiro atoms. The summed E-state index contributed by atoms with van der Waals surface area (Å²) in [4.78, 5) is 27.5. The molecular formula is C30H22F11NO2. The summed E-state index contributed by atoms with van der Waals surface area (Å²) in [6, 6.07) is 8.90. The van der Waals surface area contributed by atoms with Crippen LogP contribution in [0.5, 0.6) is 0 Å². The molecule has 0 atom stereocenters. The van der Waals surface area contributed by atoms with Crippen molar-refractivity contribution in [2.75, 3.05) is 11.4 Å². The van der Waals surface area contributed by atoms with Crippen molar-refractivity contribution in [2.24, 2.45) is 5.92 Å². The van der Waals surface area contributed by atoms with E-state index in [0.29, 0.717) is 0 Å². The number of rotatable bonds is 8. The van der Waals surface area contributed by atoms with E-state index in [-0.39, 0.29) is 35.8 Å². The molecular weight excluding hydrogens is 615 g/mol. The summed E-state index contributed by atoms with van der Waals surface area (Å²) in [5.74, 6) is -3.16. The van der Waals surface area contributed by atoms with Crippen LogP contribution in [-0.2, 0) is 18.3 Å². The molecule has 1 aliphatic carbocycles. The first-order valence-corrected chi connectivity index (χ1v) is 13.0. The third-order valence-electron chi connectivity index (χ3n) is 7.20. The zero-order chi connectivity index (χ0) is 32.8. The summed E-state index contributed by atoms with van der Waals surface area (Å²) in [5, 5.41) is 0. The minimum absolute atomic E-state index is 0.0343. The SMILES string of the molecule is Cc1ccc(C(=O)N(CC2CC2)c2cccc(C(=O)Cc3ccc(C(F)(C(F)(F)F)C(F)(F)F)cc3C(F)(F)F)c2F)cc1. The summed E-state index contributed by atoms with van der Waals surface area (Å²) in [7, 11) is 0. The van der Waals surface area contributed by atoms with E-state index >= 15 is 4.39 Å². The van der Waals surface area contributed by atoms with E-state index in [4.69, 9.17) is 0 Å². The number of hydrogen-bond acceptors (Lipinski definition) is 2. The minimum atomic E-state index is -6.67. The summed E-state index contributed by atoms with van der Waals surface area (Å²) in [6.45, 7) is 1.85. The molecule has 14 heteroatoms. The number of anilines is 1. The van der Waals surface area contributed by atoms with Gasteiger partial charge in [-0.3, -0.25) is 9.59 Å². The maximum absolute atomic E-state index is 15.8. The number of benzene rings is 3. The molecule has 3 aromatic rings. The summed E-state index contributed by atoms with van der Waals surface area (Å²) in [5.41, 5.74) is -11.9. The second kappa shape index (κ2) is 11.5. The van der Waals surface area contributed by atoms with E-state index in [1.807, 2.05) is 0 Å². The average Bonchev–Trinajstić information content (AvgIpc) is 3.74. The van der Waals surface area contributed by atoms with Gasteiger partial charge in [-0.15, -0.1) is 0 Å². The van der Waals surface area contributed by atoms with Crippen molar-refractivity contribution >= 4 is 17.4 Å². The molecule has 0 radical (unpaired) electrons. The predicted octanol–water partition coefficient (Wildman–Crippen LogP) is 8.92. The van der Waals surface area contributed by atoms with E-state index in [1.54, 1.807) is 19.1 Å². The topological polar surface area (TPSA) is 37.4 Å². The maximum Gasteiger partial charge on any atom is 0.435 e. The van der Waals surface area contributed by atoms with Crippen LogP contribution in [0.2, 0.25) is 0 Å². The van der Waals surface area contributed by atoms with Crippen LogP contribution in [0, 0.1) is 18.7 Å². The lowest BCUT2D eigenvalue weighted by atomic mass is 9.89. The molecule has 1 saturated carbocycles.